The van der Waals surface area contributed by atoms with Gasteiger partial charge in [0.2, 0.25) is 17.7 Å². The summed E-state index contributed by atoms with van der Waals surface area (Å²) < 4.78 is 0. The Morgan fingerprint density at radius 3 is 2.21 bits per heavy atom. The predicted molar refractivity (Wildman–Crippen MR) is 148 cm³/mol. The summed E-state index contributed by atoms with van der Waals surface area (Å²) in [6.07, 6.45) is 1.55. The lowest BCUT2D eigenvalue weighted by molar-refractivity contribution is -0.143. The van der Waals surface area contributed by atoms with Crippen molar-refractivity contribution in [2.45, 2.75) is 84.5 Å². The fraction of sp³-hybridized carbons (Fsp3) is 0.643. The molecule has 1 fully saturated rings. The van der Waals surface area contributed by atoms with Crippen LogP contribution in [0.3, 0.4) is 0 Å². The Bertz CT molecular complexity index is 972. The maximum Gasteiger partial charge on any atom is 0.326 e. The van der Waals surface area contributed by atoms with Gasteiger partial charge in [0.05, 0.1) is 6.04 Å². The van der Waals surface area contributed by atoms with Crippen LogP contribution in [0.2, 0.25) is 0 Å². The number of carbonyl (C=O) groups excluding carboxylic acids is 3. The first-order chi connectivity index (χ1) is 18.3. The Kier molecular flexibility index (Phi) is 12.2. The van der Waals surface area contributed by atoms with Crippen LogP contribution in [0.5, 0.6) is 5.75 Å². The van der Waals surface area contributed by atoms with Crippen molar-refractivity contribution in [2.24, 2.45) is 11.3 Å². The summed E-state index contributed by atoms with van der Waals surface area (Å²) >= 11 is 0. The number of benzene rings is 1. The SMILES string of the molecule is CCC(C)C(NC(=O)C(Cc1ccc(O)cc1)NC(=O)[C@H]1CNCCN1)C(=O)NC(CCC(C)(C)C)C(=O)O. The molecule has 7 N–H and O–H groups in total. The molecule has 0 aliphatic carbocycles. The van der Waals surface area contributed by atoms with E-state index in [1.54, 1.807) is 19.1 Å². The summed E-state index contributed by atoms with van der Waals surface area (Å²) in [7, 11) is 0. The van der Waals surface area contributed by atoms with E-state index in [-0.39, 0.29) is 35.8 Å². The minimum atomic E-state index is -1.13. The van der Waals surface area contributed by atoms with Gasteiger partial charge in [0.25, 0.3) is 0 Å². The minimum Gasteiger partial charge on any atom is -0.508 e. The molecule has 11 heteroatoms. The summed E-state index contributed by atoms with van der Waals surface area (Å²) in [5.74, 6) is -2.82. The van der Waals surface area contributed by atoms with E-state index in [0.717, 1.165) is 6.54 Å². The van der Waals surface area contributed by atoms with Crippen molar-refractivity contribution < 1.29 is 29.4 Å². The number of hydrogen-bond donors (Lipinski definition) is 7. The van der Waals surface area contributed by atoms with Crippen molar-refractivity contribution >= 4 is 23.7 Å². The van der Waals surface area contributed by atoms with Gasteiger partial charge in [0, 0.05) is 26.1 Å². The fourth-order valence-electron chi connectivity index (χ4n) is 4.24. The predicted octanol–water partition coefficient (Wildman–Crippen LogP) is 0.908. The molecule has 3 amide bonds. The number of phenolic OH excluding ortho intramolecular Hbond substituents is 1. The van der Waals surface area contributed by atoms with Crippen molar-refractivity contribution in [1.82, 2.24) is 26.6 Å². The molecule has 0 radical (unpaired) electrons. The average Bonchev–Trinajstić information content (AvgIpc) is 2.89. The number of rotatable bonds is 13. The second-order valence-electron chi connectivity index (χ2n) is 11.5. The van der Waals surface area contributed by atoms with Crippen LogP contribution in [0.4, 0.5) is 0 Å². The Labute approximate surface area is 230 Å². The topological polar surface area (TPSA) is 169 Å². The van der Waals surface area contributed by atoms with E-state index in [2.05, 4.69) is 26.6 Å². The molecule has 1 aromatic rings. The molecule has 5 atom stereocenters. The van der Waals surface area contributed by atoms with Gasteiger partial charge in [-0.1, -0.05) is 53.2 Å². The van der Waals surface area contributed by atoms with Crippen LogP contribution in [-0.2, 0) is 25.6 Å². The summed E-state index contributed by atoms with van der Waals surface area (Å²) in [4.78, 5) is 51.6. The lowest BCUT2D eigenvalue weighted by Gasteiger charge is -2.29. The standard InChI is InChI=1S/C28H45N5O6/c1-6-17(2)23(26(37)31-20(27(38)39)11-12-28(3,4)5)33-24(35)21(15-18-7-9-19(34)10-8-18)32-25(36)22-16-29-13-14-30-22/h7-10,17,20-23,29-30,34H,6,11-16H2,1-5H3,(H,31,37)(H,32,36)(H,33,35)(H,38,39)/t17?,20?,21?,22-,23?/m1/s1. The number of nitrogens with one attached hydrogen (secondary N) is 5. The van der Waals surface area contributed by atoms with E-state index in [1.807, 2.05) is 27.7 Å². The minimum absolute atomic E-state index is 0.0780. The molecular formula is C28H45N5O6. The highest BCUT2D eigenvalue weighted by atomic mass is 16.4. The van der Waals surface area contributed by atoms with Crippen LogP contribution in [0.15, 0.2) is 24.3 Å². The Morgan fingerprint density at radius 1 is 1.00 bits per heavy atom. The number of carboxylic acids is 1. The molecule has 1 aliphatic heterocycles. The van der Waals surface area contributed by atoms with Crippen molar-refractivity contribution in [1.29, 1.82) is 0 Å². The molecule has 39 heavy (non-hydrogen) atoms. The van der Waals surface area contributed by atoms with Gasteiger partial charge in [-0.15, -0.1) is 0 Å². The lowest BCUT2D eigenvalue weighted by atomic mass is 9.88. The first-order valence-electron chi connectivity index (χ1n) is 13.7. The van der Waals surface area contributed by atoms with Gasteiger partial charge in [-0.2, -0.15) is 0 Å². The van der Waals surface area contributed by atoms with Crippen molar-refractivity contribution in [3.63, 3.8) is 0 Å². The molecule has 1 heterocycles. The van der Waals surface area contributed by atoms with E-state index in [4.69, 9.17) is 0 Å². The Hall–Kier alpha value is -3.18. The second-order valence-corrected chi connectivity index (χ2v) is 11.5. The second kappa shape index (κ2) is 14.8. The maximum absolute atomic E-state index is 13.5. The van der Waals surface area contributed by atoms with Crippen molar-refractivity contribution in [3.8, 4) is 5.75 Å². The molecule has 11 nitrogen and oxygen atoms in total. The highest BCUT2D eigenvalue weighted by molar-refractivity contribution is 5.94. The highest BCUT2D eigenvalue weighted by Crippen LogP contribution is 2.22. The Balaban J connectivity index is 2.21. The van der Waals surface area contributed by atoms with E-state index in [1.165, 1.54) is 12.1 Å². The normalized spacial score (nSPS) is 18.7. The third-order valence-corrected chi connectivity index (χ3v) is 6.96. The molecule has 0 aromatic heterocycles. The molecule has 1 aromatic carbocycles. The van der Waals surface area contributed by atoms with Gasteiger partial charge >= 0.3 is 5.97 Å². The quantitative estimate of drug-likeness (QED) is 0.191. The van der Waals surface area contributed by atoms with Gasteiger partial charge in [-0.25, -0.2) is 4.79 Å². The number of amides is 3. The molecule has 1 aliphatic rings. The number of piperazine rings is 1. The van der Waals surface area contributed by atoms with Gasteiger partial charge < -0.3 is 36.8 Å². The van der Waals surface area contributed by atoms with Gasteiger partial charge in [0.15, 0.2) is 0 Å². The molecule has 0 spiro atoms. The van der Waals surface area contributed by atoms with E-state index in [0.29, 0.717) is 31.5 Å². The van der Waals surface area contributed by atoms with Crippen LogP contribution in [-0.4, -0.2) is 77.7 Å². The Morgan fingerprint density at radius 2 is 1.67 bits per heavy atom. The monoisotopic (exact) mass is 547 g/mol. The average molecular weight is 548 g/mol. The number of phenols is 1. The molecular weight excluding hydrogens is 502 g/mol. The number of carbonyl (C=O) groups is 4. The van der Waals surface area contributed by atoms with E-state index >= 15 is 0 Å². The third kappa shape index (κ3) is 10.8. The smallest absolute Gasteiger partial charge is 0.326 e. The summed E-state index contributed by atoms with van der Waals surface area (Å²) in [6.45, 7) is 11.4. The first kappa shape index (κ1) is 32.0. The van der Waals surface area contributed by atoms with Crippen LogP contribution >= 0.6 is 0 Å². The van der Waals surface area contributed by atoms with Gasteiger partial charge in [-0.05, 0) is 41.9 Å². The molecule has 0 saturated carbocycles. The van der Waals surface area contributed by atoms with Crippen LogP contribution in [0, 0.1) is 11.3 Å². The first-order valence-corrected chi connectivity index (χ1v) is 13.7. The van der Waals surface area contributed by atoms with Crippen LogP contribution < -0.4 is 26.6 Å². The number of hydrogen-bond acceptors (Lipinski definition) is 7. The van der Waals surface area contributed by atoms with Crippen LogP contribution in [0.25, 0.3) is 0 Å². The zero-order valence-electron chi connectivity index (χ0n) is 23.7. The van der Waals surface area contributed by atoms with E-state index in [9.17, 15) is 29.4 Å². The van der Waals surface area contributed by atoms with Gasteiger partial charge in [0.1, 0.15) is 23.9 Å². The summed E-state index contributed by atoms with van der Waals surface area (Å²) in [5, 5.41) is 33.8. The van der Waals surface area contributed by atoms with Gasteiger partial charge in [-0.3, -0.25) is 14.4 Å². The van der Waals surface area contributed by atoms with Crippen molar-refractivity contribution in [2.75, 3.05) is 19.6 Å². The zero-order chi connectivity index (χ0) is 29.2. The molecule has 0 bridgehead atoms. The summed E-state index contributed by atoms with van der Waals surface area (Å²) in [6, 6.07) is 2.73. The zero-order valence-corrected chi connectivity index (χ0v) is 23.7. The molecule has 1 saturated heterocycles. The number of carboxylic acid groups (broad SMARTS) is 1. The summed E-state index contributed by atoms with van der Waals surface area (Å²) in [5.41, 5.74) is 0.603. The van der Waals surface area contributed by atoms with E-state index < -0.39 is 42.0 Å². The number of aromatic hydroxyl groups is 1. The van der Waals surface area contributed by atoms with Crippen LogP contribution in [0.1, 0.15) is 59.4 Å². The fourth-order valence-corrected chi connectivity index (χ4v) is 4.24. The van der Waals surface area contributed by atoms with Crippen molar-refractivity contribution in [3.05, 3.63) is 29.8 Å². The number of aliphatic carboxylic acids is 1. The molecule has 2 rings (SSSR count). The largest absolute Gasteiger partial charge is 0.508 e. The molecule has 4 unspecified atom stereocenters. The lowest BCUT2D eigenvalue weighted by Crippen LogP contribution is -2.61. The maximum atomic E-state index is 13.5. The highest BCUT2D eigenvalue weighted by Gasteiger charge is 2.33. The third-order valence-electron chi connectivity index (χ3n) is 6.96. The molecule has 218 valence electrons.